The van der Waals surface area contributed by atoms with E-state index in [1.165, 1.54) is 24.5 Å². The van der Waals surface area contributed by atoms with Gasteiger partial charge >= 0.3 is 0 Å². The predicted octanol–water partition coefficient (Wildman–Crippen LogP) is -0.335. The molecule has 3 aliphatic rings. The SMILES string of the molecule is O=C(NN1C(=O)[C@@H]2[C@H](C1=O)[C@@H]1C=C[C@H]2O1)c1ccncc1. The van der Waals surface area contributed by atoms with Crippen LogP contribution in [0.15, 0.2) is 36.7 Å². The minimum absolute atomic E-state index is 0.333. The molecule has 0 aromatic carbocycles. The molecule has 2 bridgehead atoms. The lowest BCUT2D eigenvalue weighted by atomic mass is 9.85. The van der Waals surface area contributed by atoms with Crippen molar-refractivity contribution in [2.75, 3.05) is 0 Å². The van der Waals surface area contributed by atoms with Crippen molar-refractivity contribution in [3.63, 3.8) is 0 Å². The van der Waals surface area contributed by atoms with E-state index in [1.54, 1.807) is 12.2 Å². The second-order valence-electron chi connectivity index (χ2n) is 5.19. The van der Waals surface area contributed by atoms with Crippen LogP contribution in [0, 0.1) is 11.8 Å². The summed E-state index contributed by atoms with van der Waals surface area (Å²) in [4.78, 5) is 40.5. The van der Waals surface area contributed by atoms with Crippen molar-refractivity contribution in [3.05, 3.63) is 42.2 Å². The van der Waals surface area contributed by atoms with E-state index in [4.69, 9.17) is 4.74 Å². The standard InChI is InChI=1S/C14H11N3O4/c18-12(7-3-5-15-6-4-7)16-17-13(19)10-8-1-2-9(21-8)11(10)14(17)20/h1-6,8-11H,(H,16,18)/t8-,9+,10+,11-. The summed E-state index contributed by atoms with van der Waals surface area (Å²) in [5, 5.41) is 0.827. The maximum Gasteiger partial charge on any atom is 0.270 e. The fourth-order valence-corrected chi connectivity index (χ4v) is 3.08. The topological polar surface area (TPSA) is 88.6 Å². The lowest BCUT2D eigenvalue weighted by Gasteiger charge is -2.18. The van der Waals surface area contributed by atoms with Gasteiger partial charge in [0.2, 0.25) is 0 Å². The van der Waals surface area contributed by atoms with Gasteiger partial charge in [-0.15, -0.1) is 0 Å². The number of pyridine rings is 1. The van der Waals surface area contributed by atoms with Gasteiger partial charge in [-0.25, -0.2) is 0 Å². The van der Waals surface area contributed by atoms with Crippen LogP contribution in [0.25, 0.3) is 0 Å². The Kier molecular flexibility index (Phi) is 2.46. The van der Waals surface area contributed by atoms with Crippen molar-refractivity contribution < 1.29 is 19.1 Å². The van der Waals surface area contributed by atoms with Crippen molar-refractivity contribution >= 4 is 17.7 Å². The Balaban J connectivity index is 1.56. The number of hydrogen-bond acceptors (Lipinski definition) is 5. The quantitative estimate of drug-likeness (QED) is 0.593. The zero-order valence-electron chi connectivity index (χ0n) is 10.8. The molecule has 21 heavy (non-hydrogen) atoms. The summed E-state index contributed by atoms with van der Waals surface area (Å²) < 4.78 is 5.52. The van der Waals surface area contributed by atoms with Gasteiger partial charge in [-0.1, -0.05) is 12.2 Å². The van der Waals surface area contributed by atoms with Gasteiger partial charge in [0.05, 0.1) is 24.0 Å². The smallest absolute Gasteiger partial charge is 0.270 e. The maximum absolute atomic E-state index is 12.3. The third-order valence-electron chi connectivity index (χ3n) is 4.07. The van der Waals surface area contributed by atoms with Crippen LogP contribution in [0.2, 0.25) is 0 Å². The molecular weight excluding hydrogens is 274 g/mol. The zero-order valence-corrected chi connectivity index (χ0v) is 10.8. The van der Waals surface area contributed by atoms with Crippen LogP contribution in [-0.2, 0) is 14.3 Å². The fourth-order valence-electron chi connectivity index (χ4n) is 3.08. The number of nitrogens with one attached hydrogen (secondary N) is 1. The molecule has 2 saturated heterocycles. The number of imide groups is 1. The van der Waals surface area contributed by atoms with Crippen LogP contribution in [0.3, 0.4) is 0 Å². The van der Waals surface area contributed by atoms with Crippen molar-refractivity contribution in [1.82, 2.24) is 15.4 Å². The number of hydrazine groups is 1. The highest BCUT2D eigenvalue weighted by Crippen LogP contribution is 2.44. The number of aromatic nitrogens is 1. The van der Waals surface area contributed by atoms with Gasteiger partial charge in [-0.05, 0) is 12.1 Å². The summed E-state index contributed by atoms with van der Waals surface area (Å²) in [6.45, 7) is 0. The molecule has 3 aliphatic heterocycles. The van der Waals surface area contributed by atoms with E-state index in [2.05, 4.69) is 10.4 Å². The average molecular weight is 285 g/mol. The van der Waals surface area contributed by atoms with E-state index < -0.39 is 29.6 Å². The molecule has 1 aromatic rings. The number of nitrogens with zero attached hydrogens (tertiary/aromatic N) is 2. The molecule has 4 rings (SSSR count). The summed E-state index contributed by atoms with van der Waals surface area (Å²) >= 11 is 0. The largest absolute Gasteiger partial charge is 0.365 e. The van der Waals surface area contributed by atoms with Gasteiger partial charge in [0.1, 0.15) is 0 Å². The Morgan fingerprint density at radius 2 is 1.67 bits per heavy atom. The first kappa shape index (κ1) is 12.2. The molecule has 106 valence electrons. The van der Waals surface area contributed by atoms with Gasteiger partial charge in [0.15, 0.2) is 0 Å². The Morgan fingerprint density at radius 3 is 2.24 bits per heavy atom. The van der Waals surface area contributed by atoms with Crippen LogP contribution >= 0.6 is 0 Å². The minimum Gasteiger partial charge on any atom is -0.365 e. The zero-order chi connectivity index (χ0) is 14.6. The summed E-state index contributed by atoms with van der Waals surface area (Å²) in [5.41, 5.74) is 2.71. The first-order valence-electron chi connectivity index (χ1n) is 6.59. The van der Waals surface area contributed by atoms with E-state index in [-0.39, 0.29) is 12.2 Å². The van der Waals surface area contributed by atoms with Crippen molar-refractivity contribution in [2.24, 2.45) is 11.8 Å². The fraction of sp³-hybridized carbons (Fsp3) is 0.286. The summed E-state index contributed by atoms with van der Waals surface area (Å²) in [5.74, 6) is -2.38. The number of amides is 3. The normalized spacial score (nSPS) is 32.7. The van der Waals surface area contributed by atoms with Gasteiger partial charge < -0.3 is 4.74 Å². The molecule has 7 heteroatoms. The second-order valence-corrected chi connectivity index (χ2v) is 5.19. The third-order valence-corrected chi connectivity index (χ3v) is 4.07. The van der Waals surface area contributed by atoms with Crippen LogP contribution in [0.1, 0.15) is 10.4 Å². The van der Waals surface area contributed by atoms with E-state index >= 15 is 0 Å². The maximum atomic E-state index is 12.3. The lowest BCUT2D eigenvalue weighted by Crippen LogP contribution is -2.47. The Bertz CT molecular complexity index is 642. The summed E-state index contributed by atoms with van der Waals surface area (Å²) in [6, 6.07) is 3.02. The molecule has 1 aromatic heterocycles. The van der Waals surface area contributed by atoms with E-state index in [1.807, 2.05) is 0 Å². The predicted molar refractivity (Wildman–Crippen MR) is 68.3 cm³/mol. The number of ether oxygens (including phenoxy) is 1. The molecule has 0 spiro atoms. The average Bonchev–Trinajstić information content (AvgIpc) is 3.18. The van der Waals surface area contributed by atoms with Crippen LogP contribution in [-0.4, -0.2) is 39.9 Å². The number of hydrogen-bond donors (Lipinski definition) is 1. The minimum atomic E-state index is -0.523. The van der Waals surface area contributed by atoms with Crippen LogP contribution < -0.4 is 5.43 Å². The lowest BCUT2D eigenvalue weighted by molar-refractivity contribution is -0.145. The highest BCUT2D eigenvalue weighted by atomic mass is 16.5. The molecule has 0 unspecified atom stereocenters. The summed E-state index contributed by atoms with van der Waals surface area (Å²) in [7, 11) is 0. The van der Waals surface area contributed by atoms with Gasteiger partial charge in [-0.2, -0.15) is 5.01 Å². The van der Waals surface area contributed by atoms with E-state index in [0.29, 0.717) is 5.56 Å². The molecule has 0 saturated carbocycles. The Morgan fingerprint density at radius 1 is 1.10 bits per heavy atom. The van der Waals surface area contributed by atoms with Gasteiger partial charge in [-0.3, -0.25) is 24.8 Å². The molecule has 1 N–H and O–H groups in total. The molecule has 4 atom stereocenters. The molecule has 4 heterocycles. The Hall–Kier alpha value is -2.54. The van der Waals surface area contributed by atoms with Gasteiger partial charge in [0, 0.05) is 18.0 Å². The molecule has 0 aliphatic carbocycles. The monoisotopic (exact) mass is 285 g/mol. The number of rotatable bonds is 2. The first-order chi connectivity index (χ1) is 10.2. The second kappa shape index (κ2) is 4.23. The van der Waals surface area contributed by atoms with Crippen molar-refractivity contribution in [3.8, 4) is 0 Å². The highest BCUT2D eigenvalue weighted by molar-refractivity contribution is 6.09. The Labute approximate surface area is 119 Å². The number of carbonyl (C=O) groups is 3. The van der Waals surface area contributed by atoms with Crippen LogP contribution in [0.5, 0.6) is 0 Å². The van der Waals surface area contributed by atoms with E-state index in [9.17, 15) is 14.4 Å². The molecular formula is C14H11N3O4. The third kappa shape index (κ3) is 1.64. The first-order valence-corrected chi connectivity index (χ1v) is 6.59. The number of fused-ring (bicyclic) bond motifs is 5. The van der Waals surface area contributed by atoms with Crippen LogP contribution in [0.4, 0.5) is 0 Å². The molecule has 0 radical (unpaired) electrons. The van der Waals surface area contributed by atoms with Crippen molar-refractivity contribution in [2.45, 2.75) is 12.2 Å². The highest BCUT2D eigenvalue weighted by Gasteiger charge is 2.61. The molecule has 7 nitrogen and oxygen atoms in total. The summed E-state index contributed by atoms with van der Waals surface area (Å²) in [6.07, 6.45) is 5.81. The van der Waals surface area contributed by atoms with Crippen molar-refractivity contribution in [1.29, 1.82) is 0 Å². The molecule has 3 amide bonds. The number of carbonyl (C=O) groups excluding carboxylic acids is 3. The van der Waals surface area contributed by atoms with E-state index in [0.717, 1.165) is 5.01 Å². The van der Waals surface area contributed by atoms with Gasteiger partial charge in [0.25, 0.3) is 17.7 Å². The molecule has 2 fully saturated rings.